The predicted molar refractivity (Wildman–Crippen MR) is 110 cm³/mol. The first kappa shape index (κ1) is 19.4. The van der Waals surface area contributed by atoms with Crippen molar-refractivity contribution in [3.05, 3.63) is 77.9 Å². The minimum absolute atomic E-state index is 0.0328. The number of carbonyl (C=O) groups is 1. The summed E-state index contributed by atoms with van der Waals surface area (Å²) in [6.45, 7) is 5.20. The van der Waals surface area contributed by atoms with Gasteiger partial charge in [0.1, 0.15) is 0 Å². The summed E-state index contributed by atoms with van der Waals surface area (Å²) in [6, 6.07) is 21.1. The van der Waals surface area contributed by atoms with Crippen molar-refractivity contribution >= 4 is 11.5 Å². The lowest BCUT2D eigenvalue weighted by Crippen LogP contribution is -2.39. The normalized spacial score (nSPS) is 17.3. The highest BCUT2D eigenvalue weighted by atomic mass is 16.5. The molecular weight excluding hydrogens is 334 g/mol. The Labute approximate surface area is 162 Å². The van der Waals surface area contributed by atoms with E-state index in [2.05, 4.69) is 71.6 Å². The number of benzene rings is 2. The van der Waals surface area contributed by atoms with Crippen molar-refractivity contribution in [2.75, 3.05) is 26.2 Å². The molecule has 1 unspecified atom stereocenters. The maximum absolute atomic E-state index is 12.0. The number of hydrogen-bond donors (Lipinski definition) is 0. The number of carbonyl (C=O) groups excluding carboxylic acids is 1. The van der Waals surface area contributed by atoms with Crippen LogP contribution in [-0.4, -0.2) is 37.1 Å². The predicted octanol–water partition coefficient (Wildman–Crippen LogP) is 4.78. The summed E-state index contributed by atoms with van der Waals surface area (Å²) in [5, 5.41) is 0. The minimum Gasteiger partial charge on any atom is -0.466 e. The molecule has 0 radical (unpaired) electrons. The molecule has 3 heteroatoms. The SMILES string of the molecule is CCOC(=O)C1CCCN(CCC=C(c2ccccc2)c2ccccc2)C1. The molecule has 1 atom stereocenters. The number of rotatable bonds is 7. The molecule has 0 saturated carbocycles. The van der Waals surface area contributed by atoms with Gasteiger partial charge in [-0.1, -0.05) is 66.7 Å². The van der Waals surface area contributed by atoms with Crippen LogP contribution < -0.4 is 0 Å². The summed E-state index contributed by atoms with van der Waals surface area (Å²) in [6.07, 6.45) is 5.31. The molecule has 0 N–H and O–H groups in total. The van der Waals surface area contributed by atoms with Gasteiger partial charge in [0.25, 0.3) is 0 Å². The van der Waals surface area contributed by atoms with Gasteiger partial charge in [0.2, 0.25) is 0 Å². The summed E-state index contributed by atoms with van der Waals surface area (Å²) in [5.41, 5.74) is 3.76. The van der Waals surface area contributed by atoms with Gasteiger partial charge in [-0.15, -0.1) is 0 Å². The Bertz CT molecular complexity index is 698. The van der Waals surface area contributed by atoms with Crippen LogP contribution in [0.5, 0.6) is 0 Å². The van der Waals surface area contributed by atoms with Crippen LogP contribution in [0.1, 0.15) is 37.3 Å². The second-order valence-corrected chi connectivity index (χ2v) is 7.03. The van der Waals surface area contributed by atoms with Gasteiger partial charge >= 0.3 is 5.97 Å². The number of nitrogens with zero attached hydrogens (tertiary/aromatic N) is 1. The first-order chi connectivity index (χ1) is 13.3. The van der Waals surface area contributed by atoms with Crippen molar-refractivity contribution in [1.29, 1.82) is 0 Å². The van der Waals surface area contributed by atoms with E-state index in [0.29, 0.717) is 6.61 Å². The first-order valence-corrected chi connectivity index (χ1v) is 9.98. The van der Waals surface area contributed by atoms with Crippen molar-refractivity contribution in [2.24, 2.45) is 5.92 Å². The molecule has 1 heterocycles. The molecule has 0 bridgehead atoms. The fraction of sp³-hybridized carbons (Fsp3) is 0.375. The molecule has 1 aliphatic heterocycles. The molecule has 0 amide bonds. The van der Waals surface area contributed by atoms with Crippen molar-refractivity contribution in [2.45, 2.75) is 26.2 Å². The average molecular weight is 364 g/mol. The molecule has 0 aliphatic carbocycles. The van der Waals surface area contributed by atoms with E-state index >= 15 is 0 Å². The van der Waals surface area contributed by atoms with Gasteiger partial charge in [0.15, 0.2) is 0 Å². The number of ether oxygens (including phenoxy) is 1. The van der Waals surface area contributed by atoms with E-state index in [0.717, 1.165) is 38.9 Å². The van der Waals surface area contributed by atoms with Gasteiger partial charge in [-0.05, 0) is 49.4 Å². The van der Waals surface area contributed by atoms with Crippen LogP contribution in [-0.2, 0) is 9.53 Å². The smallest absolute Gasteiger partial charge is 0.310 e. The minimum atomic E-state index is -0.0352. The van der Waals surface area contributed by atoms with E-state index in [1.807, 2.05) is 6.92 Å². The zero-order valence-corrected chi connectivity index (χ0v) is 16.1. The van der Waals surface area contributed by atoms with Crippen LogP contribution in [0.2, 0.25) is 0 Å². The zero-order valence-electron chi connectivity index (χ0n) is 16.1. The van der Waals surface area contributed by atoms with Gasteiger partial charge in [-0.25, -0.2) is 0 Å². The summed E-state index contributed by atoms with van der Waals surface area (Å²) in [7, 11) is 0. The molecule has 142 valence electrons. The third-order valence-corrected chi connectivity index (χ3v) is 5.09. The second-order valence-electron chi connectivity index (χ2n) is 7.03. The lowest BCUT2D eigenvalue weighted by Gasteiger charge is -2.31. The van der Waals surface area contributed by atoms with Crippen LogP contribution in [0.4, 0.5) is 0 Å². The molecule has 3 rings (SSSR count). The Morgan fingerprint density at radius 2 is 1.70 bits per heavy atom. The maximum Gasteiger partial charge on any atom is 0.310 e. The van der Waals surface area contributed by atoms with E-state index in [1.54, 1.807) is 0 Å². The van der Waals surface area contributed by atoms with Crippen LogP contribution in [0.15, 0.2) is 66.7 Å². The highest BCUT2D eigenvalue weighted by Gasteiger charge is 2.26. The quantitative estimate of drug-likeness (QED) is 0.663. The van der Waals surface area contributed by atoms with E-state index in [9.17, 15) is 4.79 Å². The Balaban J connectivity index is 1.66. The molecule has 2 aromatic rings. The molecule has 3 nitrogen and oxygen atoms in total. The van der Waals surface area contributed by atoms with Gasteiger partial charge in [-0.2, -0.15) is 0 Å². The lowest BCUT2D eigenvalue weighted by atomic mass is 9.96. The number of likely N-dealkylation sites (tertiary alicyclic amines) is 1. The molecule has 2 aromatic carbocycles. The largest absolute Gasteiger partial charge is 0.466 e. The molecule has 0 aromatic heterocycles. The van der Waals surface area contributed by atoms with E-state index < -0.39 is 0 Å². The molecule has 1 fully saturated rings. The summed E-state index contributed by atoms with van der Waals surface area (Å²) >= 11 is 0. The Kier molecular flexibility index (Phi) is 7.23. The van der Waals surface area contributed by atoms with Crippen LogP contribution in [0.3, 0.4) is 0 Å². The maximum atomic E-state index is 12.0. The fourth-order valence-corrected chi connectivity index (χ4v) is 3.74. The molecular formula is C24H29NO2. The average Bonchev–Trinajstić information content (AvgIpc) is 2.73. The molecule has 27 heavy (non-hydrogen) atoms. The molecule has 1 aliphatic rings. The topological polar surface area (TPSA) is 29.5 Å². The van der Waals surface area contributed by atoms with E-state index in [4.69, 9.17) is 4.74 Å². The van der Waals surface area contributed by atoms with Crippen molar-refractivity contribution < 1.29 is 9.53 Å². The fourth-order valence-electron chi connectivity index (χ4n) is 3.74. The summed E-state index contributed by atoms with van der Waals surface area (Å²) in [5.74, 6) is -0.00241. The lowest BCUT2D eigenvalue weighted by molar-refractivity contribution is -0.149. The molecule has 0 spiro atoms. The first-order valence-electron chi connectivity index (χ1n) is 9.98. The van der Waals surface area contributed by atoms with E-state index in [1.165, 1.54) is 16.7 Å². The Hall–Kier alpha value is -2.39. The van der Waals surface area contributed by atoms with Gasteiger partial charge in [-0.3, -0.25) is 4.79 Å². The number of piperidine rings is 1. The number of hydrogen-bond acceptors (Lipinski definition) is 3. The zero-order chi connectivity index (χ0) is 18.9. The summed E-state index contributed by atoms with van der Waals surface area (Å²) in [4.78, 5) is 14.4. The molecule has 1 saturated heterocycles. The highest BCUT2D eigenvalue weighted by molar-refractivity contribution is 5.79. The van der Waals surface area contributed by atoms with Crippen LogP contribution in [0.25, 0.3) is 5.57 Å². The second kappa shape index (κ2) is 10.1. The summed E-state index contributed by atoms with van der Waals surface area (Å²) < 4.78 is 5.21. The van der Waals surface area contributed by atoms with Gasteiger partial charge in [0.05, 0.1) is 12.5 Å². The monoisotopic (exact) mass is 363 g/mol. The van der Waals surface area contributed by atoms with Crippen molar-refractivity contribution in [3.63, 3.8) is 0 Å². The van der Waals surface area contributed by atoms with Crippen LogP contribution in [0, 0.1) is 5.92 Å². The third kappa shape index (κ3) is 5.54. The van der Waals surface area contributed by atoms with Crippen LogP contribution >= 0.6 is 0 Å². The van der Waals surface area contributed by atoms with Crippen molar-refractivity contribution in [3.8, 4) is 0 Å². The Morgan fingerprint density at radius 3 is 2.30 bits per heavy atom. The Morgan fingerprint density at radius 1 is 1.07 bits per heavy atom. The number of esters is 1. The van der Waals surface area contributed by atoms with E-state index in [-0.39, 0.29) is 11.9 Å². The highest BCUT2D eigenvalue weighted by Crippen LogP contribution is 2.24. The third-order valence-electron chi connectivity index (χ3n) is 5.09. The van der Waals surface area contributed by atoms with Crippen molar-refractivity contribution in [1.82, 2.24) is 4.90 Å². The van der Waals surface area contributed by atoms with Gasteiger partial charge < -0.3 is 9.64 Å². The standard InChI is InChI=1S/C24H29NO2/c1-2-27-24(26)22-15-9-17-25(19-22)18-10-16-23(20-11-5-3-6-12-20)21-13-7-4-8-14-21/h3-8,11-14,16,22H,2,9-10,15,17-19H2,1H3. The van der Waals surface area contributed by atoms with Gasteiger partial charge in [0, 0.05) is 13.1 Å².